The van der Waals surface area contributed by atoms with E-state index in [4.69, 9.17) is 0 Å². The van der Waals surface area contributed by atoms with Crippen LogP contribution in [0.1, 0.15) is 6.42 Å². The lowest BCUT2D eigenvalue weighted by atomic mass is 10.1. The summed E-state index contributed by atoms with van der Waals surface area (Å²) in [6, 6.07) is 4.73. The highest BCUT2D eigenvalue weighted by Gasteiger charge is 2.19. The van der Waals surface area contributed by atoms with E-state index in [2.05, 4.69) is 5.32 Å². The number of para-hydroxylation sites is 1. The molecule has 106 valence electrons. The highest BCUT2D eigenvalue weighted by Crippen LogP contribution is 2.19. The molecular weight excluding hydrogens is 258 g/mol. The van der Waals surface area contributed by atoms with Gasteiger partial charge in [-0.15, -0.1) is 0 Å². The van der Waals surface area contributed by atoms with Gasteiger partial charge in [0.05, 0.1) is 10.9 Å². The minimum atomic E-state index is -0.379. The van der Waals surface area contributed by atoms with Gasteiger partial charge in [0.15, 0.2) is 0 Å². The molecule has 1 aromatic carbocycles. The van der Waals surface area contributed by atoms with Gasteiger partial charge in [-0.05, 0) is 37.6 Å². The molecule has 1 aliphatic rings. The minimum absolute atomic E-state index is 0.0473. The Labute approximate surface area is 115 Å². The van der Waals surface area contributed by atoms with Gasteiger partial charge in [0.1, 0.15) is 5.75 Å². The smallest absolute Gasteiger partial charge is 0.331 e. The Bertz CT molecular complexity index is 770. The molecule has 6 heteroatoms. The number of aryl methyl sites for hydroxylation is 1. The maximum Gasteiger partial charge on any atom is 0.331 e. The minimum Gasteiger partial charge on any atom is -0.506 e. The Kier molecular flexibility index (Phi) is 3.10. The van der Waals surface area contributed by atoms with Crippen LogP contribution in [0.4, 0.5) is 0 Å². The zero-order valence-corrected chi connectivity index (χ0v) is 11.3. The number of nitrogens with one attached hydrogen (secondary N) is 1. The van der Waals surface area contributed by atoms with Crippen molar-refractivity contribution < 1.29 is 5.11 Å². The second-order valence-corrected chi connectivity index (χ2v) is 5.29. The lowest BCUT2D eigenvalue weighted by molar-refractivity contribution is 0.448. The molecule has 1 atom stereocenters. The van der Waals surface area contributed by atoms with Gasteiger partial charge >= 0.3 is 5.69 Å². The summed E-state index contributed by atoms with van der Waals surface area (Å²) in [5.41, 5.74) is -0.412. The van der Waals surface area contributed by atoms with Crippen LogP contribution in [0, 0.1) is 5.92 Å². The number of fused-ring (bicyclic) bond motifs is 1. The SMILES string of the molecule is Cn1c(=O)n(CC2CCNC2)c(=O)c2cccc(O)c21. The van der Waals surface area contributed by atoms with Crippen molar-refractivity contribution in [2.24, 2.45) is 13.0 Å². The zero-order chi connectivity index (χ0) is 14.3. The van der Waals surface area contributed by atoms with E-state index in [1.54, 1.807) is 19.2 Å². The van der Waals surface area contributed by atoms with Gasteiger partial charge in [0, 0.05) is 13.6 Å². The number of phenols is 1. The van der Waals surface area contributed by atoms with E-state index in [9.17, 15) is 14.7 Å². The van der Waals surface area contributed by atoms with E-state index in [0.29, 0.717) is 23.4 Å². The second-order valence-electron chi connectivity index (χ2n) is 5.29. The monoisotopic (exact) mass is 275 g/mol. The molecule has 1 fully saturated rings. The quantitative estimate of drug-likeness (QED) is 0.810. The van der Waals surface area contributed by atoms with Gasteiger partial charge in [-0.2, -0.15) is 0 Å². The van der Waals surface area contributed by atoms with Gasteiger partial charge in [0.25, 0.3) is 5.56 Å². The molecule has 0 bridgehead atoms. The molecule has 0 saturated carbocycles. The lowest BCUT2D eigenvalue weighted by Gasteiger charge is -2.14. The average molecular weight is 275 g/mol. The van der Waals surface area contributed by atoms with E-state index < -0.39 is 0 Å². The highest BCUT2D eigenvalue weighted by atomic mass is 16.3. The summed E-state index contributed by atoms with van der Waals surface area (Å²) in [7, 11) is 1.58. The van der Waals surface area contributed by atoms with Crippen molar-refractivity contribution in [3.8, 4) is 5.75 Å². The molecule has 1 unspecified atom stereocenters. The fourth-order valence-electron chi connectivity index (χ4n) is 2.85. The molecule has 3 rings (SSSR count). The van der Waals surface area contributed by atoms with Gasteiger partial charge in [0.2, 0.25) is 0 Å². The summed E-state index contributed by atoms with van der Waals surface area (Å²) < 4.78 is 2.62. The van der Waals surface area contributed by atoms with Crippen molar-refractivity contribution in [1.82, 2.24) is 14.5 Å². The largest absolute Gasteiger partial charge is 0.506 e. The average Bonchev–Trinajstić information content (AvgIpc) is 2.94. The van der Waals surface area contributed by atoms with Crippen molar-refractivity contribution in [2.45, 2.75) is 13.0 Å². The van der Waals surface area contributed by atoms with Crippen LogP contribution in [0.25, 0.3) is 10.9 Å². The maximum absolute atomic E-state index is 12.5. The predicted octanol–water partition coefficient (Wildman–Crippen LogP) is 0.0153. The molecule has 1 aliphatic heterocycles. The Morgan fingerprint density at radius 1 is 1.40 bits per heavy atom. The summed E-state index contributed by atoms with van der Waals surface area (Å²) in [4.78, 5) is 24.8. The number of rotatable bonds is 2. The zero-order valence-electron chi connectivity index (χ0n) is 11.3. The summed E-state index contributed by atoms with van der Waals surface area (Å²) in [5, 5.41) is 13.5. The number of benzene rings is 1. The molecule has 2 N–H and O–H groups in total. The summed E-state index contributed by atoms with van der Waals surface area (Å²) in [5.74, 6) is 0.254. The van der Waals surface area contributed by atoms with Gasteiger partial charge in [-0.25, -0.2) is 4.79 Å². The van der Waals surface area contributed by atoms with E-state index in [0.717, 1.165) is 19.5 Å². The third-order valence-electron chi connectivity index (χ3n) is 3.95. The predicted molar refractivity (Wildman–Crippen MR) is 76.1 cm³/mol. The van der Waals surface area contributed by atoms with Gasteiger partial charge < -0.3 is 10.4 Å². The van der Waals surface area contributed by atoms with E-state index in [-0.39, 0.29) is 17.0 Å². The lowest BCUT2D eigenvalue weighted by Crippen LogP contribution is -2.40. The molecule has 2 heterocycles. The molecular formula is C14H17N3O3. The van der Waals surface area contributed by atoms with Crippen LogP contribution in [-0.4, -0.2) is 27.3 Å². The van der Waals surface area contributed by atoms with Crippen LogP contribution in [0.2, 0.25) is 0 Å². The Morgan fingerprint density at radius 3 is 2.90 bits per heavy atom. The first-order chi connectivity index (χ1) is 9.59. The number of hydrogen-bond donors (Lipinski definition) is 2. The third kappa shape index (κ3) is 1.92. The van der Waals surface area contributed by atoms with E-state index >= 15 is 0 Å². The van der Waals surface area contributed by atoms with Crippen LogP contribution in [0.15, 0.2) is 27.8 Å². The highest BCUT2D eigenvalue weighted by molar-refractivity contribution is 5.83. The second kappa shape index (κ2) is 4.79. The molecule has 0 radical (unpaired) electrons. The third-order valence-corrected chi connectivity index (χ3v) is 3.95. The number of nitrogens with zero attached hydrogens (tertiary/aromatic N) is 2. The summed E-state index contributed by atoms with van der Waals surface area (Å²) in [6.07, 6.45) is 0.966. The number of aromatic hydroxyl groups is 1. The van der Waals surface area contributed by atoms with E-state index in [1.807, 2.05) is 0 Å². The molecule has 2 aromatic rings. The molecule has 0 aliphatic carbocycles. The van der Waals surface area contributed by atoms with Crippen molar-refractivity contribution in [2.75, 3.05) is 13.1 Å². The topological polar surface area (TPSA) is 76.3 Å². The van der Waals surface area contributed by atoms with Crippen molar-refractivity contribution in [1.29, 1.82) is 0 Å². The Balaban J connectivity index is 2.23. The Hall–Kier alpha value is -2.08. The molecule has 20 heavy (non-hydrogen) atoms. The van der Waals surface area contributed by atoms with Crippen molar-refractivity contribution in [3.63, 3.8) is 0 Å². The molecule has 1 saturated heterocycles. The van der Waals surface area contributed by atoms with E-state index in [1.165, 1.54) is 15.2 Å². The fourth-order valence-corrected chi connectivity index (χ4v) is 2.85. The van der Waals surface area contributed by atoms with Crippen LogP contribution < -0.4 is 16.6 Å². The molecule has 0 amide bonds. The fraction of sp³-hybridized carbons (Fsp3) is 0.429. The van der Waals surface area contributed by atoms with Crippen molar-refractivity contribution in [3.05, 3.63) is 39.0 Å². The van der Waals surface area contributed by atoms with Crippen LogP contribution in [-0.2, 0) is 13.6 Å². The first kappa shape index (κ1) is 12.9. The standard InChI is InChI=1S/C14H17N3O3/c1-16-12-10(3-2-4-11(12)18)13(19)17(14(16)20)8-9-5-6-15-7-9/h2-4,9,15,18H,5-8H2,1H3. The maximum atomic E-state index is 12.5. The summed E-state index contributed by atoms with van der Waals surface area (Å²) >= 11 is 0. The number of aromatic nitrogens is 2. The Morgan fingerprint density at radius 2 is 2.20 bits per heavy atom. The number of hydrogen-bond acceptors (Lipinski definition) is 4. The van der Waals surface area contributed by atoms with Crippen LogP contribution in [0.3, 0.4) is 0 Å². The first-order valence-corrected chi connectivity index (χ1v) is 6.72. The summed E-state index contributed by atoms with van der Waals surface area (Å²) in [6.45, 7) is 2.17. The van der Waals surface area contributed by atoms with Crippen molar-refractivity contribution >= 4 is 10.9 Å². The molecule has 1 aromatic heterocycles. The van der Waals surface area contributed by atoms with Gasteiger partial charge in [-0.1, -0.05) is 6.07 Å². The van der Waals surface area contributed by atoms with Crippen LogP contribution in [0.5, 0.6) is 5.75 Å². The normalized spacial score (nSPS) is 18.8. The molecule has 6 nitrogen and oxygen atoms in total. The van der Waals surface area contributed by atoms with Gasteiger partial charge in [-0.3, -0.25) is 13.9 Å². The number of phenolic OH excluding ortho intramolecular Hbond substituents is 1. The molecule has 0 spiro atoms. The van der Waals surface area contributed by atoms with Crippen LogP contribution >= 0.6 is 0 Å². The first-order valence-electron chi connectivity index (χ1n) is 6.72.